The Morgan fingerprint density at radius 1 is 1.35 bits per heavy atom. The highest BCUT2D eigenvalue weighted by Crippen LogP contribution is 2.14. The molecule has 5 nitrogen and oxygen atoms in total. The molecule has 2 rings (SSSR count). The maximum Gasteiger partial charge on any atom is 0.165 e. The summed E-state index contributed by atoms with van der Waals surface area (Å²) in [5.74, 6) is 0.422. The van der Waals surface area contributed by atoms with Crippen LogP contribution in [0.25, 0.3) is 0 Å². The molecule has 0 saturated heterocycles. The van der Waals surface area contributed by atoms with E-state index in [1.54, 1.807) is 16.8 Å². The normalized spacial score (nSPS) is 12.6. The molecule has 0 aliphatic carbocycles. The van der Waals surface area contributed by atoms with E-state index >= 15 is 0 Å². The van der Waals surface area contributed by atoms with Crippen LogP contribution < -0.4 is 5.73 Å². The van der Waals surface area contributed by atoms with Gasteiger partial charge in [-0.1, -0.05) is 12.1 Å². The van der Waals surface area contributed by atoms with Crippen LogP contribution in [0, 0.1) is 5.82 Å². The third-order valence-corrected chi connectivity index (χ3v) is 2.61. The smallest absolute Gasteiger partial charge is 0.165 e. The zero-order chi connectivity index (χ0) is 12.3. The minimum Gasteiger partial charge on any atom is -0.324 e. The maximum absolute atomic E-state index is 12.8. The molecule has 0 fully saturated rings. The van der Waals surface area contributed by atoms with Gasteiger partial charge in [0.25, 0.3) is 0 Å². The quantitative estimate of drug-likeness (QED) is 0.860. The van der Waals surface area contributed by atoms with Gasteiger partial charge in [0.15, 0.2) is 5.82 Å². The third-order valence-electron chi connectivity index (χ3n) is 2.61. The average molecular weight is 235 g/mol. The van der Waals surface area contributed by atoms with E-state index in [1.165, 1.54) is 12.1 Å². The Labute approximate surface area is 98.4 Å². The van der Waals surface area contributed by atoms with Crippen LogP contribution in [-0.4, -0.2) is 20.2 Å². The van der Waals surface area contributed by atoms with E-state index in [0.717, 1.165) is 12.0 Å². The number of nitrogens with two attached hydrogens (primary N) is 1. The highest BCUT2D eigenvalue weighted by atomic mass is 19.1. The summed E-state index contributed by atoms with van der Waals surface area (Å²) in [5.41, 5.74) is 6.57. The molecule has 0 radical (unpaired) electrons. The predicted octanol–water partition coefficient (Wildman–Crippen LogP) is 1.07. The lowest BCUT2D eigenvalue weighted by Gasteiger charge is -2.12. The number of tetrazole rings is 1. The van der Waals surface area contributed by atoms with Crippen LogP contribution in [0.3, 0.4) is 0 Å². The minimum absolute atomic E-state index is 0.0917. The monoisotopic (exact) mass is 235 g/mol. The van der Waals surface area contributed by atoms with E-state index < -0.39 is 0 Å². The zero-order valence-electron chi connectivity index (χ0n) is 9.55. The second-order valence-corrected chi connectivity index (χ2v) is 3.92. The lowest BCUT2D eigenvalue weighted by atomic mass is 10.1. The van der Waals surface area contributed by atoms with Crippen LogP contribution in [-0.2, 0) is 13.0 Å². The number of aromatic nitrogens is 4. The lowest BCUT2D eigenvalue weighted by Crippen LogP contribution is -2.16. The molecular weight excluding hydrogens is 221 g/mol. The molecule has 0 bridgehead atoms. The van der Waals surface area contributed by atoms with Crippen molar-refractivity contribution in [2.75, 3.05) is 0 Å². The van der Waals surface area contributed by atoms with Gasteiger partial charge < -0.3 is 5.73 Å². The summed E-state index contributed by atoms with van der Waals surface area (Å²) in [6.45, 7) is 2.31. The number of rotatable bonds is 4. The Morgan fingerprint density at radius 3 is 2.71 bits per heavy atom. The fraction of sp³-hybridized carbons (Fsp3) is 0.364. The molecule has 1 aromatic heterocycles. The third kappa shape index (κ3) is 2.65. The Hall–Kier alpha value is -1.82. The topological polar surface area (TPSA) is 69.6 Å². The first kappa shape index (κ1) is 11.7. The van der Waals surface area contributed by atoms with Crippen LogP contribution in [0.5, 0.6) is 0 Å². The number of benzene rings is 1. The van der Waals surface area contributed by atoms with E-state index in [2.05, 4.69) is 15.5 Å². The molecule has 1 unspecified atom stereocenters. The molecule has 0 amide bonds. The molecule has 90 valence electrons. The van der Waals surface area contributed by atoms with Gasteiger partial charge >= 0.3 is 0 Å². The Morgan fingerprint density at radius 2 is 2.06 bits per heavy atom. The average Bonchev–Trinajstić information content (AvgIpc) is 2.80. The molecule has 1 atom stereocenters. The van der Waals surface area contributed by atoms with Gasteiger partial charge in [-0.3, -0.25) is 0 Å². The van der Waals surface area contributed by atoms with Crippen molar-refractivity contribution in [3.63, 3.8) is 0 Å². The van der Waals surface area contributed by atoms with Gasteiger partial charge in [0, 0.05) is 0 Å². The number of hydrogen-bond acceptors (Lipinski definition) is 4. The lowest BCUT2D eigenvalue weighted by molar-refractivity contribution is 0.457. The number of hydrogen-bond donors (Lipinski definition) is 1. The van der Waals surface area contributed by atoms with Crippen molar-refractivity contribution >= 4 is 0 Å². The summed E-state index contributed by atoms with van der Waals surface area (Å²) in [5, 5.41) is 11.3. The van der Waals surface area contributed by atoms with Crippen molar-refractivity contribution in [3.05, 3.63) is 41.5 Å². The van der Waals surface area contributed by atoms with E-state index in [9.17, 15) is 4.39 Å². The molecule has 0 aliphatic rings. The summed E-state index contributed by atoms with van der Waals surface area (Å²) in [4.78, 5) is 0. The summed E-state index contributed by atoms with van der Waals surface area (Å²) >= 11 is 0. The molecule has 0 spiro atoms. The number of halogens is 1. The molecule has 17 heavy (non-hydrogen) atoms. The highest BCUT2D eigenvalue weighted by molar-refractivity contribution is 5.16. The van der Waals surface area contributed by atoms with Crippen molar-refractivity contribution in [2.45, 2.75) is 25.9 Å². The fourth-order valence-corrected chi connectivity index (χ4v) is 1.74. The van der Waals surface area contributed by atoms with Crippen LogP contribution in [0.15, 0.2) is 24.3 Å². The van der Waals surface area contributed by atoms with Gasteiger partial charge in [-0.2, -0.15) is 0 Å². The van der Waals surface area contributed by atoms with Gasteiger partial charge in [-0.05, 0) is 41.5 Å². The second-order valence-electron chi connectivity index (χ2n) is 3.92. The van der Waals surface area contributed by atoms with Crippen LogP contribution in [0.2, 0.25) is 0 Å². The Kier molecular flexibility index (Phi) is 3.43. The molecule has 0 saturated carbocycles. The number of nitrogens with zero attached hydrogens (tertiary/aromatic N) is 4. The van der Waals surface area contributed by atoms with E-state index in [1.807, 2.05) is 6.92 Å². The minimum atomic E-state index is -0.230. The first-order chi connectivity index (χ1) is 8.20. The molecule has 2 N–H and O–H groups in total. The van der Waals surface area contributed by atoms with E-state index in [-0.39, 0.29) is 11.9 Å². The van der Waals surface area contributed by atoms with Gasteiger partial charge in [-0.25, -0.2) is 9.07 Å². The van der Waals surface area contributed by atoms with Crippen molar-refractivity contribution in [3.8, 4) is 0 Å². The van der Waals surface area contributed by atoms with Crippen molar-refractivity contribution < 1.29 is 4.39 Å². The van der Waals surface area contributed by atoms with Crippen molar-refractivity contribution in [1.29, 1.82) is 0 Å². The van der Waals surface area contributed by atoms with Crippen LogP contribution in [0.1, 0.15) is 24.4 Å². The van der Waals surface area contributed by atoms with Gasteiger partial charge in [0.2, 0.25) is 0 Å². The SMILES string of the molecule is CC(Cc1ccc(F)cc1)n1nnnc1CN. The molecule has 0 aliphatic heterocycles. The molecule has 1 heterocycles. The van der Waals surface area contributed by atoms with Crippen LogP contribution >= 0.6 is 0 Å². The molecule has 1 aromatic carbocycles. The molecule has 6 heteroatoms. The van der Waals surface area contributed by atoms with Gasteiger partial charge in [0.05, 0.1) is 12.6 Å². The summed E-state index contributed by atoms with van der Waals surface area (Å²) in [6, 6.07) is 6.52. The van der Waals surface area contributed by atoms with Gasteiger partial charge in [0.1, 0.15) is 5.82 Å². The van der Waals surface area contributed by atoms with Gasteiger partial charge in [-0.15, -0.1) is 5.10 Å². The van der Waals surface area contributed by atoms with E-state index in [0.29, 0.717) is 12.4 Å². The zero-order valence-corrected chi connectivity index (χ0v) is 9.55. The van der Waals surface area contributed by atoms with Crippen molar-refractivity contribution in [2.24, 2.45) is 5.73 Å². The van der Waals surface area contributed by atoms with Crippen LogP contribution in [0.4, 0.5) is 4.39 Å². The summed E-state index contributed by atoms with van der Waals surface area (Å²) in [6.07, 6.45) is 0.734. The molecule has 2 aromatic rings. The van der Waals surface area contributed by atoms with E-state index in [4.69, 9.17) is 5.73 Å². The Balaban J connectivity index is 2.11. The van der Waals surface area contributed by atoms with Crippen molar-refractivity contribution in [1.82, 2.24) is 20.2 Å². The summed E-state index contributed by atoms with van der Waals surface area (Å²) < 4.78 is 14.5. The molecular formula is C11H14FN5. The first-order valence-corrected chi connectivity index (χ1v) is 5.42. The first-order valence-electron chi connectivity index (χ1n) is 5.42. The second kappa shape index (κ2) is 5.01. The maximum atomic E-state index is 12.8. The fourth-order valence-electron chi connectivity index (χ4n) is 1.74. The summed E-state index contributed by atoms with van der Waals surface area (Å²) in [7, 11) is 0. The largest absolute Gasteiger partial charge is 0.324 e. The standard InChI is InChI=1S/C11H14FN5/c1-8(17-11(7-13)14-15-16-17)6-9-2-4-10(12)5-3-9/h2-5,8H,6-7,13H2,1H3. The predicted molar refractivity (Wildman–Crippen MR) is 60.5 cm³/mol. The highest BCUT2D eigenvalue weighted by Gasteiger charge is 2.12. The Bertz CT molecular complexity index is 479.